The molecule has 0 heterocycles. The van der Waals surface area contributed by atoms with Crippen molar-refractivity contribution >= 4 is 106 Å². The fourth-order valence-electron chi connectivity index (χ4n) is 3.07. The third kappa shape index (κ3) is 12.0. The van der Waals surface area contributed by atoms with E-state index in [0.29, 0.717) is 0 Å². The van der Waals surface area contributed by atoms with Crippen LogP contribution in [0.3, 0.4) is 0 Å². The predicted molar refractivity (Wildman–Crippen MR) is 167 cm³/mol. The van der Waals surface area contributed by atoms with Crippen LogP contribution in [0.4, 0.5) is 5.69 Å². The summed E-state index contributed by atoms with van der Waals surface area (Å²) in [5, 5.41) is 18.3. The van der Waals surface area contributed by atoms with E-state index in [0.717, 1.165) is 6.92 Å². The summed E-state index contributed by atoms with van der Waals surface area (Å²) in [5.41, 5.74) is -0.548. The summed E-state index contributed by atoms with van der Waals surface area (Å²) in [5.74, 6) is -1.08. The van der Waals surface area contributed by atoms with Gasteiger partial charge in [-0.2, -0.15) is 0 Å². The van der Waals surface area contributed by atoms with Crippen molar-refractivity contribution in [2.75, 3.05) is 7.05 Å². The maximum atomic E-state index is 10.5. The fourth-order valence-corrected chi connectivity index (χ4v) is 11.7. The first-order valence-corrected chi connectivity index (χ1v) is 17.5. The summed E-state index contributed by atoms with van der Waals surface area (Å²) in [6, 6.07) is 32.9. The monoisotopic (exact) mass is 760 g/mol. The molecule has 0 aliphatic carbocycles. The maximum absolute atomic E-state index is 10.5. The molecule has 0 radical (unpaired) electrons. The van der Waals surface area contributed by atoms with Crippen LogP contribution >= 0.6 is 58.0 Å². The SMILES string of the molecule is CC(=O)[O-].CN=C=O.O=[N+]([O-])c1c(Cl)c(Cl)c(Cl)c(Cl)c1Cl.c1cc[c]([Sn+]([c]2ccccc2)[c]2ccccc2)cc1. The summed E-state index contributed by atoms with van der Waals surface area (Å²) >= 11 is 26.0. The van der Waals surface area contributed by atoms with Gasteiger partial charge in [0.25, 0.3) is 0 Å². The second-order valence-corrected chi connectivity index (χ2v) is 16.4. The number of nitrogens with zero attached hydrogens (tertiary/aromatic N) is 2. The molecule has 13 heteroatoms. The number of carbonyl (C=O) groups is 1. The molecule has 0 aliphatic rings. The first-order chi connectivity index (χ1) is 19.5. The molecule has 4 aromatic rings. The van der Waals surface area contributed by atoms with Crippen LogP contribution in [0.2, 0.25) is 25.1 Å². The summed E-state index contributed by atoms with van der Waals surface area (Å²) in [7, 11) is 1.38. The van der Waals surface area contributed by atoms with Crippen LogP contribution in [0, 0.1) is 10.1 Å². The number of aliphatic carboxylic acids is 1. The van der Waals surface area contributed by atoms with E-state index in [1.807, 2.05) is 0 Å². The Morgan fingerprint density at radius 3 is 1.17 bits per heavy atom. The van der Waals surface area contributed by atoms with E-state index in [1.165, 1.54) is 23.9 Å². The van der Waals surface area contributed by atoms with Gasteiger partial charge < -0.3 is 9.90 Å². The Bertz CT molecular complexity index is 1350. The molecule has 0 unspecified atom stereocenters. The number of carbonyl (C=O) groups excluding carboxylic acids is 2. The Hall–Kier alpha value is -2.62. The van der Waals surface area contributed by atoms with Crippen molar-refractivity contribution in [3.8, 4) is 0 Å². The van der Waals surface area contributed by atoms with E-state index in [2.05, 4.69) is 96.0 Å². The van der Waals surface area contributed by atoms with E-state index in [9.17, 15) is 10.1 Å². The zero-order chi connectivity index (χ0) is 30.9. The van der Waals surface area contributed by atoms with Crippen molar-refractivity contribution in [2.45, 2.75) is 6.92 Å². The number of carboxylic acids is 1. The minimum atomic E-state index is -1.98. The second kappa shape index (κ2) is 19.5. The Balaban J connectivity index is 0.000000335. The van der Waals surface area contributed by atoms with Gasteiger partial charge in [-0.1, -0.05) is 58.0 Å². The van der Waals surface area contributed by atoms with E-state index >= 15 is 0 Å². The number of nitro benzene ring substituents is 1. The van der Waals surface area contributed by atoms with Crippen molar-refractivity contribution in [3.63, 3.8) is 0 Å². The first-order valence-electron chi connectivity index (χ1n) is 11.3. The number of hydrogen-bond donors (Lipinski definition) is 0. The van der Waals surface area contributed by atoms with Gasteiger partial charge in [0.2, 0.25) is 6.08 Å². The van der Waals surface area contributed by atoms with Crippen LogP contribution in [-0.4, -0.2) is 43.8 Å². The quantitative estimate of drug-likeness (QED) is 0.0499. The normalized spacial score (nSPS) is 9.24. The Kier molecular flexibility index (Phi) is 17.3. The molecule has 0 bridgehead atoms. The van der Waals surface area contributed by atoms with Gasteiger partial charge in [-0.15, -0.1) is 0 Å². The van der Waals surface area contributed by atoms with Gasteiger partial charge in [0.05, 0.1) is 20.0 Å². The average Bonchev–Trinajstić information content (AvgIpc) is 2.97. The van der Waals surface area contributed by atoms with E-state index in [-0.39, 0.29) is 25.1 Å². The van der Waals surface area contributed by atoms with Crippen LogP contribution in [0.5, 0.6) is 0 Å². The van der Waals surface area contributed by atoms with E-state index < -0.39 is 36.3 Å². The van der Waals surface area contributed by atoms with Crippen LogP contribution in [-0.2, 0) is 9.59 Å². The van der Waals surface area contributed by atoms with Crippen LogP contribution < -0.4 is 15.8 Å². The second-order valence-electron chi connectivity index (χ2n) is 7.46. The van der Waals surface area contributed by atoms with Gasteiger partial charge in [-0.25, -0.2) is 9.79 Å². The number of carboxylic acid groups (broad SMARTS) is 1. The fraction of sp³-hybridized carbons (Fsp3) is 0.0714. The van der Waals surface area contributed by atoms with Crippen molar-refractivity contribution in [1.29, 1.82) is 0 Å². The van der Waals surface area contributed by atoms with Gasteiger partial charge in [0.15, 0.2) is 0 Å². The molecule has 0 aliphatic heterocycles. The Morgan fingerprint density at radius 1 is 0.707 bits per heavy atom. The summed E-state index contributed by atoms with van der Waals surface area (Å²) in [4.78, 5) is 30.5. The molecule has 0 aromatic heterocycles. The molecule has 4 aromatic carbocycles. The molecular formula is C28H21Cl5N2O5Sn. The molecule has 0 saturated heterocycles. The van der Waals surface area contributed by atoms with Crippen LogP contribution in [0.25, 0.3) is 0 Å². The summed E-state index contributed by atoms with van der Waals surface area (Å²) in [6.45, 7) is 0.972. The van der Waals surface area contributed by atoms with Gasteiger partial charge in [0, 0.05) is 13.0 Å². The molecule has 0 spiro atoms. The van der Waals surface area contributed by atoms with Crippen LogP contribution in [0.15, 0.2) is 96.0 Å². The molecule has 41 heavy (non-hydrogen) atoms. The van der Waals surface area contributed by atoms with Crippen molar-refractivity contribution in [1.82, 2.24) is 0 Å². The number of rotatable bonds is 4. The number of aliphatic imine (C=N–C) groups is 1. The predicted octanol–water partition coefficient (Wildman–Crippen LogP) is 5.77. The minimum absolute atomic E-state index is 0.103. The Morgan fingerprint density at radius 2 is 0.951 bits per heavy atom. The van der Waals surface area contributed by atoms with Crippen molar-refractivity contribution < 1.29 is 19.6 Å². The van der Waals surface area contributed by atoms with E-state index in [1.54, 1.807) is 0 Å². The van der Waals surface area contributed by atoms with Gasteiger partial charge in [0.1, 0.15) is 10.0 Å². The zero-order valence-electron chi connectivity index (χ0n) is 21.5. The number of benzene rings is 4. The number of halogens is 5. The molecule has 4 rings (SSSR count). The van der Waals surface area contributed by atoms with Gasteiger partial charge >= 0.3 is 127 Å². The van der Waals surface area contributed by atoms with Crippen molar-refractivity contribution in [3.05, 3.63) is 126 Å². The zero-order valence-corrected chi connectivity index (χ0v) is 28.1. The summed E-state index contributed by atoms with van der Waals surface area (Å²) in [6.07, 6.45) is 1.31. The molecule has 0 saturated carbocycles. The molecule has 0 fully saturated rings. The molecule has 0 atom stereocenters. The molecule has 212 valence electrons. The van der Waals surface area contributed by atoms with Crippen molar-refractivity contribution in [2.24, 2.45) is 4.99 Å². The van der Waals surface area contributed by atoms with Gasteiger partial charge in [-0.3, -0.25) is 10.1 Å². The molecular weight excluding hydrogens is 740 g/mol. The van der Waals surface area contributed by atoms with Crippen LogP contribution in [0.1, 0.15) is 6.92 Å². The molecule has 7 nitrogen and oxygen atoms in total. The summed E-state index contributed by atoms with van der Waals surface area (Å²) < 4.78 is 4.59. The standard InChI is InChI=1S/C6Cl5NO2.3C6H5.C2H3NO.C2H4O2.Sn/c7-1-2(8)4(10)6(12(13)14)5(11)3(1)9;3*1-2-4-6-5-3-1;1-3-2-4;1-2(3)4;/h;3*1-5H;1H3;1H3,(H,3,4);/q;;;;;;+1/p-1. The van der Waals surface area contributed by atoms with E-state index in [4.69, 9.17) is 72.7 Å². The number of hydrogen-bond acceptors (Lipinski definition) is 6. The molecule has 0 amide bonds. The molecule has 0 N–H and O–H groups in total. The van der Waals surface area contributed by atoms with Gasteiger partial charge in [-0.05, 0) is 6.92 Å². The Labute approximate surface area is 269 Å². The third-order valence-corrected chi connectivity index (χ3v) is 14.7. The number of isocyanates is 1. The topological polar surface area (TPSA) is 113 Å². The third-order valence-electron chi connectivity index (χ3n) is 4.65. The first kappa shape index (κ1) is 36.4. The average molecular weight is 761 g/mol. The number of nitro groups is 1.